The van der Waals surface area contributed by atoms with Gasteiger partial charge in [0.15, 0.2) is 46.0 Å². The number of carbonyl (C=O) groups excluding carboxylic acids is 2. The Labute approximate surface area is 401 Å². The number of benzene rings is 4. The fourth-order valence-electron chi connectivity index (χ4n) is 10.2. The van der Waals surface area contributed by atoms with Crippen LogP contribution in [0.2, 0.25) is 0 Å². The molecule has 0 aliphatic carbocycles. The first-order valence-electron chi connectivity index (χ1n) is 22.9. The quantitative estimate of drug-likeness (QED) is 0.0332. The van der Waals surface area contributed by atoms with Gasteiger partial charge in [-0.2, -0.15) is 0 Å². The Hall–Kier alpha value is -6.32. The van der Waals surface area contributed by atoms with E-state index < -0.39 is 11.9 Å². The van der Waals surface area contributed by atoms with E-state index in [4.69, 9.17) is 52.1 Å². The van der Waals surface area contributed by atoms with E-state index in [0.717, 1.165) is 84.6 Å². The number of ether oxygens (including phenoxy) is 11. The van der Waals surface area contributed by atoms with Crippen LogP contribution in [0.25, 0.3) is 0 Å². The second kappa shape index (κ2) is 22.7. The molecule has 6 rings (SSSR count). The predicted octanol–water partition coefficient (Wildman–Crippen LogP) is 7.57. The van der Waals surface area contributed by atoms with Crippen molar-refractivity contribution in [1.29, 1.82) is 0 Å². The third kappa shape index (κ3) is 11.0. The Morgan fingerprint density at radius 1 is 0.529 bits per heavy atom. The average molecular weight is 943 g/mol. The summed E-state index contributed by atoms with van der Waals surface area (Å²) in [4.78, 5) is 25.8. The molecular weight excluding hydrogens is 873 g/mol. The van der Waals surface area contributed by atoms with Crippen LogP contribution in [-0.2, 0) is 38.3 Å². The number of methoxy groups -OCH3 is 9. The first kappa shape index (κ1) is 51.1. The van der Waals surface area contributed by atoms with Crippen molar-refractivity contribution in [3.63, 3.8) is 0 Å². The summed E-state index contributed by atoms with van der Waals surface area (Å²) in [5.41, 5.74) is 7.74. The summed E-state index contributed by atoms with van der Waals surface area (Å²) in [5.74, 6) is 4.50. The number of rotatable bonds is 22. The Balaban J connectivity index is 1.07. The molecule has 368 valence electrons. The number of fused-ring (bicyclic) bond motifs is 2. The van der Waals surface area contributed by atoms with Crippen LogP contribution in [0, 0.1) is 6.92 Å². The predicted molar refractivity (Wildman–Crippen MR) is 257 cm³/mol. The van der Waals surface area contributed by atoms with Gasteiger partial charge in [-0.25, -0.2) is 9.59 Å². The Morgan fingerprint density at radius 2 is 0.971 bits per heavy atom. The van der Waals surface area contributed by atoms with Gasteiger partial charge in [0.05, 0.1) is 117 Å². The highest BCUT2D eigenvalue weighted by Gasteiger charge is 2.43. The van der Waals surface area contributed by atoms with E-state index in [1.165, 1.54) is 11.1 Å². The van der Waals surface area contributed by atoms with Gasteiger partial charge in [0.2, 0.25) is 5.75 Å². The summed E-state index contributed by atoms with van der Waals surface area (Å²) in [6.45, 7) is 5.47. The SMILES string of the molecule is COc1cc2c(cc1OC)C(Cc1cc(C)c(OC)c(OC)c1)[N+](C)(CCCOC(=O)/C=C\C(=O)OCCC[N+]1(C)CCc3cc(OC)c(OC)cc3C1c1cc(OC)c(OC)c(OC)c1)CC2. The van der Waals surface area contributed by atoms with E-state index in [-0.39, 0.29) is 25.3 Å². The van der Waals surface area contributed by atoms with E-state index in [1.807, 2.05) is 37.3 Å². The topological polar surface area (TPSA) is 136 Å². The van der Waals surface area contributed by atoms with Crippen molar-refractivity contribution >= 4 is 11.9 Å². The molecule has 4 aromatic carbocycles. The summed E-state index contributed by atoms with van der Waals surface area (Å²) in [5, 5.41) is 0. The van der Waals surface area contributed by atoms with E-state index in [1.54, 1.807) is 64.0 Å². The van der Waals surface area contributed by atoms with Crippen LogP contribution < -0.4 is 42.6 Å². The average Bonchev–Trinajstić information content (AvgIpc) is 3.35. The van der Waals surface area contributed by atoms with Crippen molar-refractivity contribution in [2.75, 3.05) is 117 Å². The van der Waals surface area contributed by atoms with Crippen LogP contribution in [0.4, 0.5) is 0 Å². The first-order valence-corrected chi connectivity index (χ1v) is 22.9. The molecule has 0 amide bonds. The van der Waals surface area contributed by atoms with Crippen LogP contribution in [0.1, 0.15) is 63.9 Å². The minimum absolute atomic E-state index is 0.0599. The van der Waals surface area contributed by atoms with Crippen molar-refractivity contribution in [2.45, 2.75) is 51.1 Å². The first-order chi connectivity index (χ1) is 32.7. The zero-order chi connectivity index (χ0) is 49.2. The van der Waals surface area contributed by atoms with E-state index >= 15 is 0 Å². The van der Waals surface area contributed by atoms with Crippen molar-refractivity contribution in [2.24, 2.45) is 0 Å². The Morgan fingerprint density at radius 3 is 1.47 bits per heavy atom. The molecule has 0 saturated heterocycles. The highest BCUT2D eigenvalue weighted by Crippen LogP contribution is 2.49. The zero-order valence-corrected chi connectivity index (χ0v) is 41.9. The number of hydrogen-bond donors (Lipinski definition) is 0. The minimum atomic E-state index is -0.614. The maximum atomic E-state index is 12.9. The molecule has 0 fully saturated rings. The van der Waals surface area contributed by atoms with Crippen LogP contribution in [0.5, 0.6) is 51.7 Å². The summed E-state index contributed by atoms with van der Waals surface area (Å²) < 4.78 is 63.9. The number of likely N-dealkylation sites (N-methyl/N-ethyl adjacent to an activating group) is 2. The Bertz CT molecular complexity index is 2430. The normalized spacial score (nSPS) is 19.5. The molecule has 15 nitrogen and oxygen atoms in total. The molecule has 0 saturated carbocycles. The van der Waals surface area contributed by atoms with Crippen LogP contribution in [0.3, 0.4) is 0 Å². The minimum Gasteiger partial charge on any atom is -0.493 e. The van der Waals surface area contributed by atoms with Crippen molar-refractivity contribution in [1.82, 2.24) is 0 Å². The lowest BCUT2D eigenvalue weighted by atomic mass is 9.85. The molecular formula is C53H70N2O13+2. The lowest BCUT2D eigenvalue weighted by molar-refractivity contribution is -0.941. The van der Waals surface area contributed by atoms with Gasteiger partial charge >= 0.3 is 11.9 Å². The van der Waals surface area contributed by atoms with Gasteiger partial charge in [-0.1, -0.05) is 6.07 Å². The summed E-state index contributed by atoms with van der Waals surface area (Å²) >= 11 is 0. The van der Waals surface area contributed by atoms with E-state index in [0.29, 0.717) is 74.3 Å². The van der Waals surface area contributed by atoms with Crippen molar-refractivity contribution < 1.29 is 70.7 Å². The second-order valence-corrected chi connectivity index (χ2v) is 17.8. The molecule has 0 bridgehead atoms. The number of nitrogens with zero attached hydrogens (tertiary/aromatic N) is 2. The molecule has 4 atom stereocenters. The number of quaternary nitrogens is 2. The van der Waals surface area contributed by atoms with Gasteiger partial charge in [0, 0.05) is 60.9 Å². The van der Waals surface area contributed by atoms with Gasteiger partial charge in [0.25, 0.3) is 0 Å². The molecule has 4 unspecified atom stereocenters. The third-order valence-electron chi connectivity index (χ3n) is 13.7. The lowest BCUT2D eigenvalue weighted by Gasteiger charge is -2.46. The second-order valence-electron chi connectivity index (χ2n) is 17.8. The monoisotopic (exact) mass is 942 g/mol. The van der Waals surface area contributed by atoms with E-state index in [2.05, 4.69) is 32.3 Å². The highest BCUT2D eigenvalue weighted by atomic mass is 16.5. The molecule has 4 aromatic rings. The maximum Gasteiger partial charge on any atom is 0.331 e. The third-order valence-corrected chi connectivity index (χ3v) is 13.7. The zero-order valence-electron chi connectivity index (χ0n) is 41.9. The van der Waals surface area contributed by atoms with Gasteiger partial charge in [-0.05, 0) is 71.6 Å². The van der Waals surface area contributed by atoms with Gasteiger partial charge in [0.1, 0.15) is 12.1 Å². The number of carbonyl (C=O) groups is 2. The molecule has 0 spiro atoms. The number of esters is 2. The lowest BCUT2D eigenvalue weighted by Crippen LogP contribution is -2.52. The fraction of sp³-hybridized carbons (Fsp3) is 0.472. The maximum absolute atomic E-state index is 12.9. The smallest absolute Gasteiger partial charge is 0.331 e. The largest absolute Gasteiger partial charge is 0.493 e. The molecule has 0 radical (unpaired) electrons. The van der Waals surface area contributed by atoms with E-state index in [9.17, 15) is 9.59 Å². The summed E-state index contributed by atoms with van der Waals surface area (Å²) in [7, 11) is 19.1. The molecule has 15 heteroatoms. The Kier molecular flexibility index (Phi) is 17.0. The fourth-order valence-corrected chi connectivity index (χ4v) is 10.2. The van der Waals surface area contributed by atoms with Gasteiger partial charge in [-0.15, -0.1) is 0 Å². The van der Waals surface area contributed by atoms with Crippen LogP contribution >= 0.6 is 0 Å². The van der Waals surface area contributed by atoms with Gasteiger partial charge < -0.3 is 61.1 Å². The summed E-state index contributed by atoms with van der Waals surface area (Å²) in [6.07, 6.45) is 5.83. The summed E-state index contributed by atoms with van der Waals surface area (Å²) in [6, 6.07) is 16.4. The number of aryl methyl sites for hydroxylation is 1. The van der Waals surface area contributed by atoms with Crippen molar-refractivity contribution in [3.05, 3.63) is 99.6 Å². The molecule has 0 N–H and O–H groups in total. The van der Waals surface area contributed by atoms with Crippen molar-refractivity contribution in [3.8, 4) is 51.7 Å². The molecule has 2 heterocycles. The van der Waals surface area contributed by atoms with Crippen LogP contribution in [-0.4, -0.2) is 138 Å². The molecule has 0 aromatic heterocycles. The molecule has 2 aliphatic heterocycles. The van der Waals surface area contributed by atoms with Crippen LogP contribution in [0.15, 0.2) is 60.7 Å². The molecule has 68 heavy (non-hydrogen) atoms. The molecule has 2 aliphatic rings. The standard InChI is InChI=1S/C53H70N2O13/c1-34-25-35(27-46(62-8)52(34)65-11)26-41-39-32-44(60-6)42(58-4)28-36(39)17-21-54(41,2)19-13-23-67-49(56)15-16-50(57)68-24-14-20-55(3)22-18-37-29-43(59-5)45(61-7)33-40(37)51(55)38-30-47(63-9)53(66-12)48(31-38)64-10/h15-16,25,27-33,41,51H,13-14,17-24,26H2,1-12H3/q+2/b16-15-. The number of hydrogen-bond acceptors (Lipinski definition) is 13. The highest BCUT2D eigenvalue weighted by molar-refractivity contribution is 5.91. The van der Waals surface area contributed by atoms with Gasteiger partial charge in [-0.3, -0.25) is 0 Å².